The number of hydrogen-bond donors (Lipinski definition) is 2. The van der Waals surface area contributed by atoms with E-state index in [1.165, 1.54) is 4.31 Å². The minimum absolute atomic E-state index is 0.0224. The van der Waals surface area contributed by atoms with Crippen molar-refractivity contribution in [2.24, 2.45) is 0 Å². The van der Waals surface area contributed by atoms with Crippen molar-refractivity contribution in [1.82, 2.24) is 9.62 Å². The van der Waals surface area contributed by atoms with Gasteiger partial charge >= 0.3 is 0 Å². The number of carbonyl (C=O) groups is 1. The third-order valence-corrected chi connectivity index (χ3v) is 7.71. The summed E-state index contributed by atoms with van der Waals surface area (Å²) in [4.78, 5) is 12.4. The summed E-state index contributed by atoms with van der Waals surface area (Å²) in [6, 6.07) is 6.34. The number of β-amino-alcohol motifs (C(OH)–C–C–N with tert-alkyl or cyclic N) is 1. The van der Waals surface area contributed by atoms with Crippen LogP contribution in [0.3, 0.4) is 0 Å². The van der Waals surface area contributed by atoms with Gasteiger partial charge in [0.15, 0.2) is 0 Å². The van der Waals surface area contributed by atoms with Crippen molar-refractivity contribution in [2.45, 2.75) is 55.4 Å². The fourth-order valence-corrected chi connectivity index (χ4v) is 6.06. The lowest BCUT2D eigenvalue weighted by atomic mass is 9.96. The van der Waals surface area contributed by atoms with Gasteiger partial charge in [-0.3, -0.25) is 4.79 Å². The van der Waals surface area contributed by atoms with Crippen LogP contribution in [0, 0.1) is 6.92 Å². The van der Waals surface area contributed by atoms with Crippen molar-refractivity contribution in [3.8, 4) is 0 Å². The van der Waals surface area contributed by atoms with Gasteiger partial charge in [-0.15, -0.1) is 0 Å². The van der Waals surface area contributed by atoms with Gasteiger partial charge < -0.3 is 24.6 Å². The zero-order chi connectivity index (χ0) is 22.4. The van der Waals surface area contributed by atoms with Gasteiger partial charge in [0.1, 0.15) is 0 Å². The summed E-state index contributed by atoms with van der Waals surface area (Å²) in [7, 11) is -2.28. The largest absolute Gasteiger partial charge is 0.389 e. The molecular weight excluding hydrogens is 424 g/mol. The Bertz CT molecular complexity index is 848. The van der Waals surface area contributed by atoms with Crippen molar-refractivity contribution in [2.75, 3.05) is 40.0 Å². The Hall–Kier alpha value is -1.56. The van der Waals surface area contributed by atoms with Crippen LogP contribution in [0.25, 0.3) is 0 Å². The average molecular weight is 457 g/mol. The van der Waals surface area contributed by atoms with Gasteiger partial charge in [0.25, 0.3) is 0 Å². The number of amides is 1. The number of aliphatic hydroxyl groups excluding tert-OH is 1. The van der Waals surface area contributed by atoms with Crippen molar-refractivity contribution in [3.05, 3.63) is 29.8 Å². The summed E-state index contributed by atoms with van der Waals surface area (Å²) in [6.45, 7) is 2.73. The molecule has 2 fully saturated rings. The summed E-state index contributed by atoms with van der Waals surface area (Å²) < 4.78 is 45.0. The number of rotatable bonds is 7. The number of carbonyl (C=O) groups excluding carboxylic acids is 1. The molecule has 0 bridgehead atoms. The molecule has 1 aromatic carbocycles. The number of fused-ring (bicyclic) bond motifs is 1. The zero-order valence-electron chi connectivity index (χ0n) is 18.0. The van der Waals surface area contributed by atoms with Gasteiger partial charge in [0.05, 0.1) is 55.5 Å². The predicted molar refractivity (Wildman–Crippen MR) is 113 cm³/mol. The molecule has 2 aliphatic heterocycles. The number of methoxy groups -OCH3 is 1. The molecule has 0 spiro atoms. The summed E-state index contributed by atoms with van der Waals surface area (Å²) >= 11 is 0. The first-order valence-electron chi connectivity index (χ1n) is 10.6. The van der Waals surface area contributed by atoms with Crippen molar-refractivity contribution in [3.63, 3.8) is 0 Å². The molecule has 4 atom stereocenters. The number of ether oxygens (including phenoxy) is 3. The third kappa shape index (κ3) is 6.03. The van der Waals surface area contributed by atoms with E-state index in [1.54, 1.807) is 38.3 Å². The molecule has 2 heterocycles. The Balaban J connectivity index is 1.76. The van der Waals surface area contributed by atoms with Crippen LogP contribution in [0.15, 0.2) is 29.2 Å². The Labute approximate surface area is 183 Å². The second-order valence-electron chi connectivity index (χ2n) is 8.02. The number of nitrogens with one attached hydrogen (secondary N) is 1. The van der Waals surface area contributed by atoms with Gasteiger partial charge in [-0.05, 0) is 31.4 Å². The summed E-state index contributed by atoms with van der Waals surface area (Å²) in [6.07, 6.45) is -0.517. The SMILES string of the molecule is COCCNC(=O)C[C@@H]1CC[C@H]2[C@@H](COC[C@H](O)CN2S(=O)(=O)c2ccccc2C)O1. The number of sulfonamides is 1. The van der Waals surface area contributed by atoms with E-state index in [2.05, 4.69) is 5.32 Å². The summed E-state index contributed by atoms with van der Waals surface area (Å²) in [5, 5.41) is 13.1. The minimum Gasteiger partial charge on any atom is -0.389 e. The molecular formula is C21H32N2O7S. The quantitative estimate of drug-likeness (QED) is 0.573. The van der Waals surface area contributed by atoms with Gasteiger partial charge in [0.2, 0.25) is 15.9 Å². The molecule has 10 heteroatoms. The highest BCUT2D eigenvalue weighted by atomic mass is 32.2. The molecule has 2 N–H and O–H groups in total. The lowest BCUT2D eigenvalue weighted by molar-refractivity contribution is -0.146. The predicted octanol–water partition coefficient (Wildman–Crippen LogP) is 0.446. The highest BCUT2D eigenvalue weighted by Gasteiger charge is 2.43. The van der Waals surface area contributed by atoms with Crippen LogP contribution in [-0.2, 0) is 29.0 Å². The second-order valence-corrected chi connectivity index (χ2v) is 9.88. The standard InChI is InChI=1S/C21H32N2O7S/c1-15-5-3-4-6-20(15)31(26,27)23-12-16(24)13-29-14-19-18(23)8-7-17(30-19)11-21(25)22-9-10-28-2/h3-6,16-19,24H,7-14H2,1-2H3,(H,22,25)/t16-,17+,18+,19-/m1/s1. The molecule has 1 aromatic rings. The van der Waals surface area contributed by atoms with E-state index in [0.717, 1.165) is 0 Å². The molecule has 0 aromatic heterocycles. The molecule has 9 nitrogen and oxygen atoms in total. The molecule has 0 saturated carbocycles. The Morgan fingerprint density at radius 3 is 2.81 bits per heavy atom. The van der Waals surface area contributed by atoms with Crippen LogP contribution in [0.1, 0.15) is 24.8 Å². The zero-order valence-corrected chi connectivity index (χ0v) is 18.8. The third-order valence-electron chi connectivity index (χ3n) is 5.66. The normalized spacial score (nSPS) is 27.7. The number of aryl methyl sites for hydroxylation is 1. The number of aliphatic hydroxyl groups is 1. The van der Waals surface area contributed by atoms with E-state index < -0.39 is 28.3 Å². The van der Waals surface area contributed by atoms with Crippen LogP contribution in [0.4, 0.5) is 0 Å². The molecule has 0 unspecified atom stereocenters. The second kappa shape index (κ2) is 10.8. The van der Waals surface area contributed by atoms with Crippen molar-refractivity contribution in [1.29, 1.82) is 0 Å². The first-order chi connectivity index (χ1) is 14.8. The maximum atomic E-state index is 13.5. The molecule has 2 aliphatic rings. The number of nitrogens with zero attached hydrogens (tertiary/aromatic N) is 1. The smallest absolute Gasteiger partial charge is 0.243 e. The molecule has 0 radical (unpaired) electrons. The fourth-order valence-electron chi connectivity index (χ4n) is 4.11. The van der Waals surface area contributed by atoms with E-state index in [-0.39, 0.29) is 43.1 Å². The van der Waals surface area contributed by atoms with Crippen LogP contribution >= 0.6 is 0 Å². The van der Waals surface area contributed by atoms with E-state index in [0.29, 0.717) is 31.6 Å². The van der Waals surface area contributed by atoms with Gasteiger partial charge in [-0.1, -0.05) is 18.2 Å². The molecule has 0 aliphatic carbocycles. The van der Waals surface area contributed by atoms with Crippen LogP contribution in [0.2, 0.25) is 0 Å². The monoisotopic (exact) mass is 456 g/mol. The highest BCUT2D eigenvalue weighted by Crippen LogP contribution is 2.32. The topological polar surface area (TPSA) is 114 Å². The minimum atomic E-state index is -3.85. The first kappa shape index (κ1) is 24.1. The summed E-state index contributed by atoms with van der Waals surface area (Å²) in [5.74, 6) is -0.132. The van der Waals surface area contributed by atoms with Crippen LogP contribution in [0.5, 0.6) is 0 Å². The van der Waals surface area contributed by atoms with E-state index in [1.807, 2.05) is 0 Å². The van der Waals surface area contributed by atoms with Gasteiger partial charge in [-0.25, -0.2) is 8.42 Å². The van der Waals surface area contributed by atoms with Crippen molar-refractivity contribution < 1.29 is 32.5 Å². The molecule has 2 saturated heterocycles. The van der Waals surface area contributed by atoms with E-state index in [4.69, 9.17) is 14.2 Å². The average Bonchev–Trinajstić information content (AvgIpc) is 2.71. The van der Waals surface area contributed by atoms with Crippen molar-refractivity contribution >= 4 is 15.9 Å². The lowest BCUT2D eigenvalue weighted by Crippen LogP contribution is -2.57. The highest BCUT2D eigenvalue weighted by molar-refractivity contribution is 7.89. The maximum absolute atomic E-state index is 13.5. The fraction of sp³-hybridized carbons (Fsp3) is 0.667. The van der Waals surface area contributed by atoms with Gasteiger partial charge in [-0.2, -0.15) is 4.31 Å². The lowest BCUT2D eigenvalue weighted by Gasteiger charge is -2.43. The van der Waals surface area contributed by atoms with E-state index >= 15 is 0 Å². The summed E-state index contributed by atoms with van der Waals surface area (Å²) in [5.41, 5.74) is 0.647. The molecule has 3 rings (SSSR count). The van der Waals surface area contributed by atoms with E-state index in [9.17, 15) is 18.3 Å². The van der Waals surface area contributed by atoms with Gasteiger partial charge in [0, 0.05) is 20.2 Å². The molecule has 174 valence electrons. The Morgan fingerprint density at radius 2 is 2.06 bits per heavy atom. The maximum Gasteiger partial charge on any atom is 0.243 e. The molecule has 31 heavy (non-hydrogen) atoms. The Morgan fingerprint density at radius 1 is 1.29 bits per heavy atom. The number of benzene rings is 1. The first-order valence-corrected chi connectivity index (χ1v) is 12.0. The Kier molecular flexibility index (Phi) is 8.43. The van der Waals surface area contributed by atoms with Crippen LogP contribution < -0.4 is 5.32 Å². The van der Waals surface area contributed by atoms with Crippen LogP contribution in [-0.4, -0.2) is 88.1 Å². The molecule has 1 amide bonds. The number of hydrogen-bond acceptors (Lipinski definition) is 7.